The van der Waals surface area contributed by atoms with Gasteiger partial charge in [0, 0.05) is 75.4 Å². The van der Waals surface area contributed by atoms with Crippen molar-refractivity contribution < 1.29 is 126 Å². The van der Waals surface area contributed by atoms with Gasteiger partial charge in [-0.25, -0.2) is 4.79 Å². The Morgan fingerprint density at radius 2 is 1.20 bits per heavy atom. The Bertz CT molecular complexity index is 5110. The Labute approximate surface area is 793 Å². The molecule has 5 aliphatic heterocycles. The number of H-pyrrole nitrogens is 1. The van der Waals surface area contributed by atoms with Crippen molar-refractivity contribution in [1.29, 1.82) is 5.41 Å². The smallest absolute Gasteiger partial charge is 0.326 e. The Balaban J connectivity index is 1.18. The highest BCUT2D eigenvalue weighted by Gasteiger charge is 2.47. The number of benzene rings is 3. The number of nitrogens with two attached hydrogens (primary N) is 2. The Morgan fingerprint density at radius 3 is 1.88 bits per heavy atom. The molecule has 3 aromatic carbocycles. The van der Waals surface area contributed by atoms with Crippen LogP contribution in [0.1, 0.15) is 161 Å². The van der Waals surface area contributed by atoms with Crippen molar-refractivity contribution in [3.05, 3.63) is 102 Å². The SMILES string of the molecule is CC(C)CC1NC(=O)[C@@H]2CC(=O)O[C@H](C)[C@H](NC(=O)[C@H](Cc3c[nH]c4ccccc34)NC(=O)[C@@H]3CCCN3C(=O)[C@@H](NC(=O)[C@H](CCC(=O)O)NC(=O)[C@@H](N)[C@@H](C)O)C(C)C)C(=O)N[C@@H](Cc3ccc(O)cc3)C(=O)N[C@H]3CCCCNC(=O)C[C@@H](C(=O)N[C@@H](CCCNC(=N)N)C(=O)O)NC(=O)[C@H](CCC(=O)OC[C@H](NC(=O)[C@@H]4CCCN4C(=O)[C@H](Cc4ccccc4)NC3=O)C(=O)N2)NC1=O. The fourth-order valence-corrected chi connectivity index (χ4v) is 16.6. The minimum Gasteiger partial charge on any atom is -0.508 e. The number of guanidine groups is 1. The molecule has 1 unspecified atom stereocenters. The van der Waals surface area contributed by atoms with Crippen LogP contribution in [-0.2, 0) is 125 Å². The summed E-state index contributed by atoms with van der Waals surface area (Å²) in [7, 11) is 0. The van der Waals surface area contributed by atoms with Gasteiger partial charge in [0.15, 0.2) is 5.96 Å². The number of rotatable bonds is 29. The number of nitrogens with zero attached hydrogens (tertiary/aromatic N) is 2. The number of carbonyl (C=O) groups is 20. The maximum absolute atomic E-state index is 16.1. The molecule has 4 bridgehead atoms. The fraction of sp³-hybridized carbons (Fsp3) is 0.549. The molecule has 0 aliphatic carbocycles. The molecular formula is C91H125N21O26. The van der Waals surface area contributed by atoms with Gasteiger partial charge in [-0.2, -0.15) is 0 Å². The van der Waals surface area contributed by atoms with Gasteiger partial charge in [0.05, 0.1) is 18.9 Å². The lowest BCUT2D eigenvalue weighted by Gasteiger charge is -2.32. The summed E-state index contributed by atoms with van der Waals surface area (Å²) in [5, 5.41) is 86.7. The van der Waals surface area contributed by atoms with Gasteiger partial charge in [0.1, 0.15) is 115 Å². The lowest BCUT2D eigenvalue weighted by Crippen LogP contribution is -2.63. The van der Waals surface area contributed by atoms with Crippen molar-refractivity contribution in [3.8, 4) is 5.75 Å². The predicted molar refractivity (Wildman–Crippen MR) is 488 cm³/mol. The highest BCUT2D eigenvalue weighted by molar-refractivity contribution is 6.03. The van der Waals surface area contributed by atoms with E-state index in [1.807, 2.05) is 0 Å². The first kappa shape index (κ1) is 107. The van der Waals surface area contributed by atoms with Gasteiger partial charge in [0.25, 0.3) is 0 Å². The van der Waals surface area contributed by atoms with E-state index in [0.717, 1.165) is 16.7 Å². The molecule has 5 fully saturated rings. The van der Waals surface area contributed by atoms with E-state index in [0.29, 0.717) is 22.0 Å². The molecule has 5 aliphatic rings. The van der Waals surface area contributed by atoms with Crippen LogP contribution in [0, 0.1) is 17.2 Å². The second-order valence-electron chi connectivity index (χ2n) is 35.7. The maximum Gasteiger partial charge on any atom is 0.326 e. The molecule has 750 valence electrons. The number of amides is 16. The third kappa shape index (κ3) is 31.3. The third-order valence-corrected chi connectivity index (χ3v) is 24.2. The number of cyclic esters (lactones) is 1. The standard InChI is InChI=1S/C91H125N21O26/c1-45(2)37-59-78(123)99-57-30-32-70(118)137-44-65-83(128)104-63(81(126)102-59)42-71(119)138-48(6)74(110-82(127)61(40-51-43-97-54-20-11-10-19-53(51)54)105-84(129)67-24-16-36-112(67)89(134)73(46(3)4)109-77(122)56(29-31-69(116)117)100-86(131)72(92)47(5)113)87(132)106-60(38-50-25-27-52(114)28-26-50)79(124)98-55(75(120)107-64(39-49-17-8-7-9-18-49)88(133)111-35-15-23-66(111)85(130)108-65)21-12-13-33-95-68(115)41-62(103-76(57)121)80(125)101-58(90(135)136)22-14-34-96-91(93)94/h7-11,17-20,25-28,43,45-48,55-67,72-74,97,113-114H,12-16,21-24,29-42,44,92H2,1-6H3,(H,95,115)(H,98,124)(H,99,123)(H,100,131)(H,101,125)(H,102,126)(H,103,121)(H,104,128)(H,105,129)(H,106,132)(H,107,120)(H,108,130)(H,109,122)(H,110,127)(H,116,117)(H,135,136)(H4,93,94,96)/t47-,48-,55+,56+,57+,58+,59?,60+,61+,62+,63+,64+,65+,66+,67+,72+,73+,74+/m1/s1. The highest BCUT2D eigenvalue weighted by Crippen LogP contribution is 2.27. The van der Waals surface area contributed by atoms with Crippen LogP contribution >= 0.6 is 0 Å². The average molecular weight is 1930 g/mol. The molecule has 9 rings (SSSR count). The number of aliphatic carboxylic acids is 2. The largest absolute Gasteiger partial charge is 0.508 e. The number of likely N-dealkylation sites (tertiary alicyclic amines) is 1. The number of ether oxygens (including phenoxy) is 2. The van der Waals surface area contributed by atoms with Crippen LogP contribution in [0.25, 0.3) is 10.9 Å². The summed E-state index contributed by atoms with van der Waals surface area (Å²) in [4.78, 5) is 301. The number of aliphatic hydroxyl groups excluding tert-OH is 1. The topological polar surface area (TPSA) is 719 Å². The minimum absolute atomic E-state index is 0.00269. The molecule has 1 aromatic heterocycles. The number of aliphatic hydroxyl groups is 1. The molecule has 0 saturated carbocycles. The molecule has 47 nitrogen and oxygen atoms in total. The Kier molecular flexibility index (Phi) is 39.6. The quantitative estimate of drug-likeness (QED) is 0.0105. The summed E-state index contributed by atoms with van der Waals surface area (Å²) < 4.78 is 11.7. The number of aromatic hydroxyl groups is 1. The van der Waals surface area contributed by atoms with E-state index in [1.54, 1.807) is 82.3 Å². The van der Waals surface area contributed by atoms with Crippen molar-refractivity contribution >= 4 is 135 Å². The van der Waals surface area contributed by atoms with Gasteiger partial charge < -0.3 is 136 Å². The molecule has 47 heteroatoms. The van der Waals surface area contributed by atoms with Crippen molar-refractivity contribution in [2.45, 2.75) is 272 Å². The second-order valence-corrected chi connectivity index (χ2v) is 35.7. The minimum atomic E-state index is -2.28. The van der Waals surface area contributed by atoms with Gasteiger partial charge >= 0.3 is 23.9 Å². The molecule has 25 N–H and O–H groups in total. The van der Waals surface area contributed by atoms with E-state index in [-0.39, 0.29) is 108 Å². The zero-order chi connectivity index (χ0) is 101. The molecule has 5 saturated heterocycles. The number of esters is 2. The van der Waals surface area contributed by atoms with E-state index < -0.39 is 303 Å². The lowest BCUT2D eigenvalue weighted by atomic mass is 10.00. The zero-order valence-electron chi connectivity index (χ0n) is 77.4. The first-order valence-corrected chi connectivity index (χ1v) is 46.0. The van der Waals surface area contributed by atoms with Crippen LogP contribution in [0.3, 0.4) is 0 Å². The van der Waals surface area contributed by atoms with Gasteiger partial charge in [-0.15, -0.1) is 0 Å². The molecule has 4 aromatic rings. The molecule has 0 radical (unpaired) electrons. The number of hydrogen-bond acceptors (Lipinski definition) is 26. The van der Waals surface area contributed by atoms with E-state index in [2.05, 4.69) is 84.7 Å². The number of para-hydroxylation sites is 1. The summed E-state index contributed by atoms with van der Waals surface area (Å²) in [6.07, 6.45) is -9.28. The number of carbonyl (C=O) groups excluding carboxylic acids is 18. The number of phenols is 1. The molecule has 138 heavy (non-hydrogen) atoms. The predicted octanol–water partition coefficient (Wildman–Crippen LogP) is -4.83. The van der Waals surface area contributed by atoms with E-state index in [1.165, 1.54) is 37.4 Å². The Morgan fingerprint density at radius 1 is 0.587 bits per heavy atom. The fourth-order valence-electron chi connectivity index (χ4n) is 16.6. The van der Waals surface area contributed by atoms with Gasteiger partial charge in [-0.3, -0.25) is 96.5 Å². The average Bonchev–Trinajstić information content (AvgIpc) is 1.67. The number of fused-ring (bicyclic) bond motifs is 13. The molecule has 0 spiro atoms. The molecule has 18 atom stereocenters. The van der Waals surface area contributed by atoms with E-state index in [9.17, 15) is 54.0 Å². The first-order chi connectivity index (χ1) is 65.5. The Hall–Kier alpha value is -14.4. The van der Waals surface area contributed by atoms with Crippen LogP contribution in [0.15, 0.2) is 85.1 Å². The number of hydrogen-bond donors (Lipinski definition) is 23. The van der Waals surface area contributed by atoms with Crippen LogP contribution in [0.5, 0.6) is 5.75 Å². The zero-order valence-corrected chi connectivity index (χ0v) is 77.4. The monoisotopic (exact) mass is 1930 g/mol. The van der Waals surface area contributed by atoms with Crippen molar-refractivity contribution in [2.24, 2.45) is 23.3 Å². The highest BCUT2D eigenvalue weighted by atomic mass is 16.5. The lowest BCUT2D eigenvalue weighted by molar-refractivity contribution is -0.154. The van der Waals surface area contributed by atoms with Crippen molar-refractivity contribution in [3.63, 3.8) is 0 Å². The summed E-state index contributed by atoms with van der Waals surface area (Å²) in [6, 6.07) is -8.59. The normalized spacial score (nSPS) is 24.2. The van der Waals surface area contributed by atoms with Crippen LogP contribution in [0.2, 0.25) is 0 Å². The molecule has 16 amide bonds. The number of carboxylic acid groups (broad SMARTS) is 2. The molecule has 6 heterocycles. The van der Waals surface area contributed by atoms with Gasteiger partial charge in [-0.05, 0) is 138 Å². The number of aromatic amines is 1. The summed E-state index contributed by atoms with van der Waals surface area (Å²) in [5.74, 6) is -25.8. The molecular weight excluding hydrogens is 1800 g/mol. The second kappa shape index (κ2) is 51.0. The first-order valence-electron chi connectivity index (χ1n) is 46.0. The van der Waals surface area contributed by atoms with Gasteiger partial charge in [-0.1, -0.05) is 88.4 Å². The van der Waals surface area contributed by atoms with E-state index >= 15 is 62.3 Å². The van der Waals surface area contributed by atoms with Crippen LogP contribution < -0.4 is 91.2 Å². The number of carboxylic acids is 2. The third-order valence-electron chi connectivity index (χ3n) is 24.2. The van der Waals surface area contributed by atoms with Gasteiger partial charge in [0.2, 0.25) is 94.5 Å². The van der Waals surface area contributed by atoms with Crippen molar-refractivity contribution in [2.75, 3.05) is 32.8 Å². The van der Waals surface area contributed by atoms with Crippen molar-refractivity contribution in [1.82, 2.24) is 94.5 Å². The summed E-state index contributed by atoms with van der Waals surface area (Å²) >= 11 is 0. The summed E-state index contributed by atoms with van der Waals surface area (Å²) in [5.41, 5.74) is 12.9. The van der Waals surface area contributed by atoms with Crippen LogP contribution in [0.4, 0.5) is 0 Å². The number of aromatic nitrogens is 1. The number of phenolic OH excluding ortho intramolecular Hbond substituents is 1. The number of nitrogens with one attached hydrogen (secondary N) is 17. The maximum atomic E-state index is 16.1. The van der Waals surface area contributed by atoms with Crippen LogP contribution in [-0.4, -0.2) is 301 Å². The summed E-state index contributed by atoms with van der Waals surface area (Å²) in [6.45, 7) is 6.88. The van der Waals surface area contributed by atoms with E-state index in [4.69, 9.17) is 26.4 Å².